The van der Waals surface area contributed by atoms with Crippen molar-refractivity contribution < 1.29 is 23.9 Å². The summed E-state index contributed by atoms with van der Waals surface area (Å²) < 4.78 is 10.0. The highest BCUT2D eigenvalue weighted by atomic mass is 32.2. The Morgan fingerprint density at radius 2 is 1.88 bits per heavy atom. The Kier molecular flexibility index (Phi) is 7.76. The molecule has 2 aliphatic heterocycles. The smallest absolute Gasteiger partial charge is 0.338 e. The first-order valence-electron chi connectivity index (χ1n) is 9.27. The van der Waals surface area contributed by atoms with Crippen LogP contribution in [-0.2, 0) is 23.9 Å². The van der Waals surface area contributed by atoms with Crippen molar-refractivity contribution in [1.82, 2.24) is 10.2 Å². The molecule has 0 aromatic carbocycles. The van der Waals surface area contributed by atoms with Crippen LogP contribution in [0.5, 0.6) is 0 Å². The summed E-state index contributed by atoms with van der Waals surface area (Å²) in [5, 5.41) is 2.79. The molecule has 8 heteroatoms. The van der Waals surface area contributed by atoms with Crippen LogP contribution in [-0.4, -0.2) is 72.6 Å². The number of epoxide rings is 1. The molecule has 0 bridgehead atoms. The van der Waals surface area contributed by atoms with E-state index in [1.54, 1.807) is 18.7 Å². The largest absolute Gasteiger partial charge is 0.464 e. The molecule has 1 N–H and O–H groups in total. The maximum absolute atomic E-state index is 13.0. The molecule has 2 aliphatic rings. The summed E-state index contributed by atoms with van der Waals surface area (Å²) in [6.07, 6.45) is 1.94. The lowest BCUT2D eigenvalue weighted by molar-refractivity contribution is -0.144. The van der Waals surface area contributed by atoms with Crippen LogP contribution < -0.4 is 5.32 Å². The van der Waals surface area contributed by atoms with Gasteiger partial charge in [0.2, 0.25) is 5.91 Å². The standard InChI is InChI=1S/C18H30N2O5S/c1-5-24-18(23)15-14(25-15)16(21)19-13(6-7-26-4)17(22)20-9-11(2)8-12(3)10-20/h11-15H,5-10H2,1-4H3,(H,19,21)/t11?,12?,13?,14-,15-/m0/s1. The van der Waals surface area contributed by atoms with E-state index in [0.29, 0.717) is 18.3 Å². The van der Waals surface area contributed by atoms with Crippen LogP contribution in [0.15, 0.2) is 0 Å². The number of amides is 2. The van der Waals surface area contributed by atoms with Crippen LogP contribution in [0.3, 0.4) is 0 Å². The number of nitrogens with one attached hydrogen (secondary N) is 1. The fourth-order valence-electron chi connectivity index (χ4n) is 3.53. The van der Waals surface area contributed by atoms with E-state index in [1.807, 2.05) is 11.2 Å². The van der Waals surface area contributed by atoms with Gasteiger partial charge in [0.15, 0.2) is 12.2 Å². The van der Waals surface area contributed by atoms with Crippen molar-refractivity contribution >= 4 is 29.5 Å². The molecule has 0 radical (unpaired) electrons. The maximum Gasteiger partial charge on any atom is 0.338 e. The van der Waals surface area contributed by atoms with E-state index in [4.69, 9.17) is 9.47 Å². The van der Waals surface area contributed by atoms with E-state index in [1.165, 1.54) is 0 Å². The van der Waals surface area contributed by atoms with Crippen LogP contribution in [0.1, 0.15) is 33.6 Å². The first-order chi connectivity index (χ1) is 12.4. The van der Waals surface area contributed by atoms with E-state index in [2.05, 4.69) is 19.2 Å². The van der Waals surface area contributed by atoms with Gasteiger partial charge in [-0.1, -0.05) is 13.8 Å². The highest BCUT2D eigenvalue weighted by Crippen LogP contribution is 2.25. The Bertz CT molecular complexity index is 520. The van der Waals surface area contributed by atoms with Gasteiger partial charge >= 0.3 is 5.97 Å². The van der Waals surface area contributed by atoms with E-state index in [0.717, 1.165) is 25.3 Å². The summed E-state index contributed by atoms with van der Waals surface area (Å²) in [7, 11) is 0. The highest BCUT2D eigenvalue weighted by Gasteiger charge is 2.52. The van der Waals surface area contributed by atoms with E-state index in [9.17, 15) is 14.4 Å². The SMILES string of the molecule is CCOC(=O)[C@H]1O[C@@H]1C(=O)NC(CCSC)C(=O)N1CC(C)CC(C)C1. The Labute approximate surface area is 159 Å². The molecule has 0 aliphatic carbocycles. The first-order valence-corrected chi connectivity index (χ1v) is 10.7. The Morgan fingerprint density at radius 1 is 1.23 bits per heavy atom. The van der Waals surface area contributed by atoms with Gasteiger partial charge in [-0.25, -0.2) is 4.79 Å². The molecule has 2 rings (SSSR count). The summed E-state index contributed by atoms with van der Waals surface area (Å²) >= 11 is 1.63. The number of piperidine rings is 1. The van der Waals surface area contributed by atoms with Gasteiger partial charge in [-0.3, -0.25) is 9.59 Å². The lowest BCUT2D eigenvalue weighted by Gasteiger charge is -2.37. The zero-order chi connectivity index (χ0) is 19.3. The summed E-state index contributed by atoms with van der Waals surface area (Å²) in [4.78, 5) is 38.8. The molecule has 26 heavy (non-hydrogen) atoms. The molecule has 0 aromatic rings. The number of ether oxygens (including phenoxy) is 2. The van der Waals surface area contributed by atoms with Crippen LogP contribution in [0.4, 0.5) is 0 Å². The molecule has 2 fully saturated rings. The first kappa shape index (κ1) is 21.0. The van der Waals surface area contributed by atoms with Crippen molar-refractivity contribution in [3.05, 3.63) is 0 Å². The number of likely N-dealkylation sites (tertiary alicyclic amines) is 1. The van der Waals surface area contributed by atoms with Gasteiger partial charge in [0, 0.05) is 13.1 Å². The minimum absolute atomic E-state index is 0.0425. The molecule has 3 unspecified atom stereocenters. The predicted octanol–water partition coefficient (Wildman–Crippen LogP) is 1.06. The van der Waals surface area contributed by atoms with Crippen molar-refractivity contribution in [1.29, 1.82) is 0 Å². The molecule has 0 aromatic heterocycles. The van der Waals surface area contributed by atoms with Crippen molar-refractivity contribution in [2.45, 2.75) is 51.9 Å². The maximum atomic E-state index is 13.0. The third kappa shape index (κ3) is 5.61. The number of nitrogens with zero attached hydrogens (tertiary/aromatic N) is 1. The van der Waals surface area contributed by atoms with Gasteiger partial charge in [0.25, 0.3) is 5.91 Å². The van der Waals surface area contributed by atoms with Gasteiger partial charge in [-0.2, -0.15) is 11.8 Å². The Balaban J connectivity index is 1.95. The molecular weight excluding hydrogens is 356 g/mol. The molecule has 2 saturated heterocycles. The Hall–Kier alpha value is -1.28. The average Bonchev–Trinajstić information content (AvgIpc) is 3.38. The topological polar surface area (TPSA) is 88.2 Å². The highest BCUT2D eigenvalue weighted by molar-refractivity contribution is 7.98. The fourth-order valence-corrected chi connectivity index (χ4v) is 4.00. The molecular formula is C18H30N2O5S. The number of carbonyl (C=O) groups excluding carboxylic acids is 3. The third-order valence-corrected chi connectivity index (χ3v) is 5.32. The van der Waals surface area contributed by atoms with Gasteiger partial charge in [0.05, 0.1) is 6.61 Å². The van der Waals surface area contributed by atoms with Crippen LogP contribution in [0.2, 0.25) is 0 Å². The summed E-state index contributed by atoms with van der Waals surface area (Å²) in [5.74, 6) is 0.694. The molecule has 0 spiro atoms. The van der Waals surface area contributed by atoms with Crippen molar-refractivity contribution in [3.8, 4) is 0 Å². The molecule has 2 amide bonds. The second-order valence-electron chi connectivity index (χ2n) is 7.26. The zero-order valence-corrected chi connectivity index (χ0v) is 16.8. The predicted molar refractivity (Wildman–Crippen MR) is 99.7 cm³/mol. The molecule has 7 nitrogen and oxygen atoms in total. The number of thioether (sulfide) groups is 1. The van der Waals surface area contributed by atoms with Gasteiger partial charge in [0.1, 0.15) is 6.04 Å². The number of rotatable bonds is 8. The van der Waals surface area contributed by atoms with Gasteiger partial charge in [-0.15, -0.1) is 0 Å². The monoisotopic (exact) mass is 386 g/mol. The molecule has 5 atom stereocenters. The number of esters is 1. The second-order valence-corrected chi connectivity index (χ2v) is 8.25. The third-order valence-electron chi connectivity index (χ3n) is 4.67. The molecule has 148 valence electrons. The van der Waals surface area contributed by atoms with Gasteiger partial charge < -0.3 is 19.7 Å². The summed E-state index contributed by atoms with van der Waals surface area (Å²) in [5.41, 5.74) is 0. The van der Waals surface area contributed by atoms with E-state index >= 15 is 0 Å². The second kappa shape index (κ2) is 9.60. The van der Waals surface area contributed by atoms with Crippen molar-refractivity contribution in [3.63, 3.8) is 0 Å². The lowest BCUT2D eigenvalue weighted by Crippen LogP contribution is -2.53. The lowest BCUT2D eigenvalue weighted by atomic mass is 9.91. The minimum Gasteiger partial charge on any atom is -0.464 e. The quantitative estimate of drug-likeness (QED) is 0.496. The van der Waals surface area contributed by atoms with Gasteiger partial charge in [-0.05, 0) is 43.6 Å². The van der Waals surface area contributed by atoms with Crippen LogP contribution in [0, 0.1) is 11.8 Å². The Morgan fingerprint density at radius 3 is 2.46 bits per heavy atom. The fraction of sp³-hybridized carbons (Fsp3) is 0.833. The molecule has 0 saturated carbocycles. The number of hydrogen-bond acceptors (Lipinski definition) is 6. The van der Waals surface area contributed by atoms with Crippen molar-refractivity contribution in [2.75, 3.05) is 31.7 Å². The van der Waals surface area contributed by atoms with Crippen LogP contribution >= 0.6 is 11.8 Å². The number of hydrogen-bond donors (Lipinski definition) is 1. The van der Waals surface area contributed by atoms with E-state index in [-0.39, 0.29) is 12.5 Å². The van der Waals surface area contributed by atoms with Crippen LogP contribution in [0.25, 0.3) is 0 Å². The zero-order valence-electron chi connectivity index (χ0n) is 16.0. The normalized spacial score (nSPS) is 29.0. The van der Waals surface area contributed by atoms with E-state index < -0.39 is 30.1 Å². The molecule has 2 heterocycles. The number of carbonyl (C=O) groups is 3. The van der Waals surface area contributed by atoms with Crippen molar-refractivity contribution in [2.24, 2.45) is 11.8 Å². The minimum atomic E-state index is -0.849. The summed E-state index contributed by atoms with van der Waals surface area (Å²) in [6, 6.07) is -0.584. The summed E-state index contributed by atoms with van der Waals surface area (Å²) in [6.45, 7) is 7.68. The average molecular weight is 387 g/mol.